The molecule has 16 heavy (non-hydrogen) atoms. The van der Waals surface area contributed by atoms with E-state index < -0.39 is 10.7 Å². The Labute approximate surface area is 89.2 Å². The summed E-state index contributed by atoms with van der Waals surface area (Å²) in [5.74, 6) is -0.385. The van der Waals surface area contributed by atoms with Gasteiger partial charge in [0, 0.05) is 5.39 Å². The Morgan fingerprint density at radius 2 is 2.06 bits per heavy atom. The van der Waals surface area contributed by atoms with Crippen LogP contribution < -0.4 is 10.5 Å². The van der Waals surface area contributed by atoms with Crippen LogP contribution in [0.1, 0.15) is 5.56 Å². The number of benzene rings is 1. The summed E-state index contributed by atoms with van der Waals surface area (Å²) in [6.45, 7) is 1.57. The standard InChI is InChI=1S/C10H7NO5/c1-6-7-4-2-3-5-8(7)15-10(12)9(6)16-11(13)14/h2-5H,1H3. The second-order valence-corrected chi connectivity index (χ2v) is 3.15. The van der Waals surface area contributed by atoms with Gasteiger partial charge in [0.15, 0.2) is 0 Å². The molecule has 0 atom stereocenters. The summed E-state index contributed by atoms with van der Waals surface area (Å²) in [6, 6.07) is 6.75. The van der Waals surface area contributed by atoms with E-state index >= 15 is 0 Å². The normalized spacial score (nSPS) is 10.3. The molecule has 1 aromatic carbocycles. The largest absolute Gasteiger partial charge is 0.421 e. The van der Waals surface area contributed by atoms with E-state index in [0.717, 1.165) is 0 Å². The van der Waals surface area contributed by atoms with Crippen molar-refractivity contribution in [1.29, 1.82) is 0 Å². The summed E-state index contributed by atoms with van der Waals surface area (Å²) in [4.78, 5) is 25.8. The average Bonchev–Trinajstić information content (AvgIpc) is 2.24. The molecule has 6 nitrogen and oxygen atoms in total. The van der Waals surface area contributed by atoms with Crippen LogP contribution in [-0.2, 0) is 0 Å². The van der Waals surface area contributed by atoms with Crippen molar-refractivity contribution in [3.05, 3.63) is 50.4 Å². The highest BCUT2D eigenvalue weighted by Gasteiger charge is 2.14. The second-order valence-electron chi connectivity index (χ2n) is 3.15. The monoisotopic (exact) mass is 221 g/mol. The van der Waals surface area contributed by atoms with Gasteiger partial charge in [-0.25, -0.2) is 4.79 Å². The van der Waals surface area contributed by atoms with Crippen LogP contribution in [0.15, 0.2) is 33.5 Å². The molecule has 0 aliphatic heterocycles. The third kappa shape index (κ3) is 1.60. The quantitative estimate of drug-likeness (QED) is 0.437. The number of hydrogen-bond donors (Lipinski definition) is 0. The van der Waals surface area contributed by atoms with Crippen molar-refractivity contribution in [2.45, 2.75) is 6.92 Å². The van der Waals surface area contributed by atoms with E-state index in [9.17, 15) is 14.9 Å². The van der Waals surface area contributed by atoms with Gasteiger partial charge in [0.2, 0.25) is 5.75 Å². The van der Waals surface area contributed by atoms with Crippen molar-refractivity contribution in [2.24, 2.45) is 0 Å². The Bertz CT molecular complexity index is 616. The predicted molar refractivity (Wildman–Crippen MR) is 54.8 cm³/mol. The molecule has 0 N–H and O–H groups in total. The van der Waals surface area contributed by atoms with E-state index in [1.807, 2.05) is 0 Å². The molecule has 0 fully saturated rings. The lowest BCUT2D eigenvalue weighted by Crippen LogP contribution is -2.13. The molecule has 0 unspecified atom stereocenters. The van der Waals surface area contributed by atoms with E-state index in [-0.39, 0.29) is 5.75 Å². The highest BCUT2D eigenvalue weighted by atomic mass is 17.0. The number of rotatable bonds is 2. The molecule has 0 aliphatic rings. The lowest BCUT2D eigenvalue weighted by Gasteiger charge is -2.04. The third-order valence-corrected chi connectivity index (χ3v) is 2.19. The van der Waals surface area contributed by atoms with E-state index in [1.54, 1.807) is 31.2 Å². The summed E-state index contributed by atoms with van der Waals surface area (Å²) in [5.41, 5.74) is -0.0860. The van der Waals surface area contributed by atoms with Crippen LogP contribution in [0.2, 0.25) is 0 Å². The smallest absolute Gasteiger partial charge is 0.367 e. The second kappa shape index (κ2) is 3.65. The Balaban J connectivity index is 2.75. The number of fused-ring (bicyclic) bond motifs is 1. The average molecular weight is 221 g/mol. The first-order valence-corrected chi connectivity index (χ1v) is 4.44. The molecular weight excluding hydrogens is 214 g/mol. The first-order chi connectivity index (χ1) is 7.59. The van der Waals surface area contributed by atoms with Gasteiger partial charge in [-0.2, -0.15) is 0 Å². The summed E-state index contributed by atoms with van der Waals surface area (Å²) in [7, 11) is 0. The third-order valence-electron chi connectivity index (χ3n) is 2.19. The van der Waals surface area contributed by atoms with Crippen LogP contribution in [0, 0.1) is 17.0 Å². The molecular formula is C10H7NO5. The van der Waals surface area contributed by atoms with Gasteiger partial charge in [-0.05, 0) is 18.6 Å². The molecule has 0 amide bonds. The highest BCUT2D eigenvalue weighted by Crippen LogP contribution is 2.23. The van der Waals surface area contributed by atoms with Crippen LogP contribution in [0.3, 0.4) is 0 Å². The van der Waals surface area contributed by atoms with Gasteiger partial charge in [-0.1, -0.05) is 18.2 Å². The first kappa shape index (κ1) is 10.2. The fraction of sp³-hybridized carbons (Fsp3) is 0.100. The Morgan fingerprint density at radius 1 is 1.38 bits per heavy atom. The lowest BCUT2D eigenvalue weighted by molar-refractivity contribution is -0.711. The van der Waals surface area contributed by atoms with E-state index in [1.165, 1.54) is 0 Å². The predicted octanol–water partition coefficient (Wildman–Crippen LogP) is 1.67. The minimum Gasteiger partial charge on any atom is -0.421 e. The summed E-state index contributed by atoms with van der Waals surface area (Å²) in [5, 5.41) is 9.79. The van der Waals surface area contributed by atoms with E-state index in [4.69, 9.17) is 4.42 Å². The maximum Gasteiger partial charge on any atom is 0.367 e. The zero-order chi connectivity index (χ0) is 11.7. The molecule has 2 aromatic rings. The zero-order valence-corrected chi connectivity index (χ0v) is 8.30. The molecule has 0 bridgehead atoms. The van der Waals surface area contributed by atoms with Crippen molar-refractivity contribution < 1.29 is 14.3 Å². The molecule has 82 valence electrons. The van der Waals surface area contributed by atoms with Crippen LogP contribution in [0.5, 0.6) is 5.75 Å². The number of hydrogen-bond acceptors (Lipinski definition) is 5. The van der Waals surface area contributed by atoms with Gasteiger partial charge in [-0.3, -0.25) is 4.84 Å². The summed E-state index contributed by atoms with van der Waals surface area (Å²) in [6.07, 6.45) is 0. The Hall–Kier alpha value is -2.37. The topological polar surface area (TPSA) is 82.6 Å². The Kier molecular flexibility index (Phi) is 2.32. The zero-order valence-electron chi connectivity index (χ0n) is 8.30. The van der Waals surface area contributed by atoms with Crippen molar-refractivity contribution in [1.82, 2.24) is 0 Å². The fourth-order valence-corrected chi connectivity index (χ4v) is 1.47. The van der Waals surface area contributed by atoms with Crippen molar-refractivity contribution in [3.63, 3.8) is 0 Å². The SMILES string of the molecule is Cc1c(O[N+](=O)[O-])c(=O)oc2ccccc12. The van der Waals surface area contributed by atoms with Gasteiger partial charge < -0.3 is 4.42 Å². The number of aryl methyl sites for hydroxylation is 1. The van der Waals surface area contributed by atoms with Gasteiger partial charge >= 0.3 is 5.63 Å². The van der Waals surface area contributed by atoms with Crippen molar-refractivity contribution >= 4 is 11.0 Å². The van der Waals surface area contributed by atoms with Crippen LogP contribution in [-0.4, -0.2) is 5.09 Å². The highest BCUT2D eigenvalue weighted by molar-refractivity contribution is 5.81. The molecule has 0 saturated carbocycles. The molecule has 6 heteroatoms. The van der Waals surface area contributed by atoms with Crippen LogP contribution in [0.25, 0.3) is 11.0 Å². The molecule has 0 spiro atoms. The molecule has 2 rings (SSSR count). The first-order valence-electron chi connectivity index (χ1n) is 4.44. The number of nitrogens with zero attached hydrogens (tertiary/aromatic N) is 1. The molecule has 0 radical (unpaired) electrons. The molecule has 1 heterocycles. The van der Waals surface area contributed by atoms with Gasteiger partial charge in [-0.15, -0.1) is 10.1 Å². The molecule has 0 saturated heterocycles. The van der Waals surface area contributed by atoms with Crippen LogP contribution in [0.4, 0.5) is 0 Å². The van der Waals surface area contributed by atoms with E-state index in [0.29, 0.717) is 16.5 Å². The molecule has 1 aromatic heterocycles. The lowest BCUT2D eigenvalue weighted by atomic mass is 10.1. The maximum absolute atomic E-state index is 11.4. The van der Waals surface area contributed by atoms with Crippen molar-refractivity contribution in [3.8, 4) is 5.75 Å². The summed E-state index contributed by atoms with van der Waals surface area (Å²) < 4.78 is 4.89. The minimum atomic E-state index is -1.03. The maximum atomic E-state index is 11.4. The Morgan fingerprint density at radius 3 is 2.75 bits per heavy atom. The molecule has 0 aliphatic carbocycles. The van der Waals surface area contributed by atoms with Gasteiger partial charge in [0.05, 0.1) is 0 Å². The van der Waals surface area contributed by atoms with Crippen molar-refractivity contribution in [2.75, 3.05) is 0 Å². The minimum absolute atomic E-state index is 0.376. The fourth-order valence-electron chi connectivity index (χ4n) is 1.47. The van der Waals surface area contributed by atoms with E-state index in [2.05, 4.69) is 4.84 Å². The van der Waals surface area contributed by atoms with Crippen LogP contribution >= 0.6 is 0 Å². The van der Waals surface area contributed by atoms with Gasteiger partial charge in [0.1, 0.15) is 5.58 Å². The number of para-hydroxylation sites is 1. The summed E-state index contributed by atoms with van der Waals surface area (Å²) >= 11 is 0. The van der Waals surface area contributed by atoms with Gasteiger partial charge in [0.25, 0.3) is 5.09 Å².